The molecule has 3 rings (SSSR count). The molecule has 173 valence electrons. The Morgan fingerprint density at radius 1 is 1.16 bits per heavy atom. The van der Waals surface area contributed by atoms with E-state index in [4.69, 9.17) is 14.2 Å². The van der Waals surface area contributed by atoms with Crippen LogP contribution in [0.3, 0.4) is 0 Å². The fourth-order valence-electron chi connectivity index (χ4n) is 4.30. The van der Waals surface area contributed by atoms with Crippen molar-refractivity contribution in [2.24, 2.45) is 11.3 Å². The van der Waals surface area contributed by atoms with Crippen LogP contribution < -0.4 is 5.46 Å². The molecule has 1 aliphatic heterocycles. The average Bonchev–Trinajstić information content (AvgIpc) is 3.16. The Hall–Kier alpha value is -1.85. The van der Waals surface area contributed by atoms with Crippen LogP contribution in [-0.2, 0) is 19.0 Å². The Labute approximate surface area is 194 Å². The van der Waals surface area contributed by atoms with Crippen molar-refractivity contribution >= 4 is 24.8 Å². The number of hydrogen-bond acceptors (Lipinski definition) is 4. The van der Waals surface area contributed by atoms with Crippen LogP contribution in [0.2, 0.25) is 5.82 Å². The zero-order valence-electron chi connectivity index (χ0n) is 20.3. The highest BCUT2D eigenvalue weighted by atomic mass is 16.5. The number of carbonyl (C=O) groups excluding carboxylic acids is 1. The van der Waals surface area contributed by atoms with Crippen LogP contribution in [0.1, 0.15) is 58.9 Å². The molecule has 32 heavy (non-hydrogen) atoms. The number of hydrogen-bond donors (Lipinski definition) is 0. The van der Waals surface area contributed by atoms with Gasteiger partial charge < -0.3 is 14.2 Å². The lowest BCUT2D eigenvalue weighted by Gasteiger charge is -2.35. The smallest absolute Gasteiger partial charge is 0.301 e. The number of ether oxygens (including phenoxy) is 3. The quantitative estimate of drug-likeness (QED) is 0.328. The molecule has 1 aliphatic carbocycles. The minimum Gasteiger partial charge on any atom is -0.466 e. The van der Waals surface area contributed by atoms with Gasteiger partial charge in [-0.05, 0) is 49.5 Å². The van der Waals surface area contributed by atoms with E-state index in [9.17, 15) is 4.79 Å². The van der Waals surface area contributed by atoms with Crippen molar-refractivity contribution in [2.45, 2.75) is 71.4 Å². The first-order valence-electron chi connectivity index (χ1n) is 11.9. The lowest BCUT2D eigenvalue weighted by atomic mass is 9.58. The second kappa shape index (κ2) is 11.3. The standard InChI is InChI=1S/C27H38BO4/c1-19(27(2,3)4)17-21-10-13-24(25(18-21)30-5)31-15-6-7-20-8-11-22(12-9-20)28-23-14-16-32-26(23)29/h6-9,11-12,17,21,23-25H,10,13-16,18H2,1-5H3/b7-6+,19-17+/t21?,23?,24?,25-/m1/s1. The molecule has 2 aliphatic rings. The van der Waals surface area contributed by atoms with E-state index in [-0.39, 0.29) is 29.4 Å². The monoisotopic (exact) mass is 437 g/mol. The molecule has 1 radical (unpaired) electrons. The van der Waals surface area contributed by atoms with Crippen molar-refractivity contribution in [1.29, 1.82) is 0 Å². The number of benzene rings is 1. The molecule has 1 heterocycles. The van der Waals surface area contributed by atoms with E-state index in [2.05, 4.69) is 58.1 Å². The fraction of sp³-hybridized carbons (Fsp3) is 0.593. The summed E-state index contributed by atoms with van der Waals surface area (Å²) in [6.07, 6.45) is 10.8. The second-order valence-corrected chi connectivity index (χ2v) is 10.1. The molecule has 0 bridgehead atoms. The van der Waals surface area contributed by atoms with Gasteiger partial charge in [-0.15, -0.1) is 0 Å². The zero-order valence-corrected chi connectivity index (χ0v) is 20.3. The van der Waals surface area contributed by atoms with E-state index in [1.165, 1.54) is 5.57 Å². The van der Waals surface area contributed by atoms with Crippen LogP contribution in [0.5, 0.6) is 0 Å². The Balaban J connectivity index is 1.45. The van der Waals surface area contributed by atoms with Gasteiger partial charge in [0.05, 0.1) is 25.4 Å². The summed E-state index contributed by atoms with van der Waals surface area (Å²) >= 11 is 0. The van der Waals surface area contributed by atoms with Crippen molar-refractivity contribution in [1.82, 2.24) is 0 Å². The maximum Gasteiger partial charge on any atom is 0.301 e. The molecular formula is C27H38BO4. The van der Waals surface area contributed by atoms with Gasteiger partial charge in [-0.25, -0.2) is 0 Å². The summed E-state index contributed by atoms with van der Waals surface area (Å²) in [5.41, 5.74) is 3.85. The number of carbonyl (C=O) groups is 1. The van der Waals surface area contributed by atoms with Crippen molar-refractivity contribution in [2.75, 3.05) is 20.3 Å². The van der Waals surface area contributed by atoms with E-state index in [0.717, 1.165) is 36.7 Å². The number of esters is 1. The summed E-state index contributed by atoms with van der Waals surface area (Å²) in [7, 11) is 3.79. The first kappa shape index (κ1) is 24.8. The van der Waals surface area contributed by atoms with E-state index in [1.54, 1.807) is 7.11 Å². The molecule has 1 aromatic rings. The average molecular weight is 437 g/mol. The van der Waals surface area contributed by atoms with Gasteiger partial charge in [0.15, 0.2) is 7.28 Å². The maximum atomic E-state index is 11.6. The minimum absolute atomic E-state index is 0.110. The molecule has 1 saturated heterocycles. The van der Waals surface area contributed by atoms with Gasteiger partial charge in [-0.3, -0.25) is 4.79 Å². The molecule has 5 heteroatoms. The topological polar surface area (TPSA) is 44.8 Å². The van der Waals surface area contributed by atoms with Crippen LogP contribution in [-0.4, -0.2) is 45.8 Å². The Morgan fingerprint density at radius 3 is 2.53 bits per heavy atom. The Bertz CT molecular complexity index is 806. The molecule has 1 saturated carbocycles. The summed E-state index contributed by atoms with van der Waals surface area (Å²) in [5, 5.41) is 0. The molecule has 0 amide bonds. The van der Waals surface area contributed by atoms with Crippen molar-refractivity contribution in [3.8, 4) is 0 Å². The van der Waals surface area contributed by atoms with Crippen molar-refractivity contribution < 1.29 is 19.0 Å². The summed E-state index contributed by atoms with van der Waals surface area (Å²) in [4.78, 5) is 11.6. The molecule has 0 aromatic heterocycles. The van der Waals surface area contributed by atoms with E-state index < -0.39 is 0 Å². The maximum absolute atomic E-state index is 11.6. The van der Waals surface area contributed by atoms with E-state index in [0.29, 0.717) is 19.1 Å². The highest BCUT2D eigenvalue weighted by Gasteiger charge is 2.31. The Morgan fingerprint density at radius 2 is 1.91 bits per heavy atom. The van der Waals surface area contributed by atoms with Gasteiger partial charge in [-0.2, -0.15) is 0 Å². The van der Waals surface area contributed by atoms with Gasteiger partial charge in [0.25, 0.3) is 0 Å². The van der Waals surface area contributed by atoms with Gasteiger partial charge in [0.1, 0.15) is 0 Å². The van der Waals surface area contributed by atoms with Gasteiger partial charge in [-0.1, -0.05) is 74.3 Å². The lowest BCUT2D eigenvalue weighted by molar-refractivity contribution is -0.137. The van der Waals surface area contributed by atoms with Gasteiger partial charge in [0.2, 0.25) is 0 Å². The third kappa shape index (κ3) is 7.08. The summed E-state index contributed by atoms with van der Waals surface area (Å²) < 4.78 is 17.0. The highest BCUT2D eigenvalue weighted by molar-refractivity contribution is 6.59. The third-order valence-corrected chi connectivity index (χ3v) is 6.77. The second-order valence-electron chi connectivity index (χ2n) is 10.1. The molecule has 0 spiro atoms. The number of cyclic esters (lactones) is 1. The highest BCUT2D eigenvalue weighted by Crippen LogP contribution is 2.33. The summed E-state index contributed by atoms with van der Waals surface area (Å²) in [6.45, 7) is 10.1. The van der Waals surface area contributed by atoms with Crippen LogP contribution >= 0.6 is 0 Å². The van der Waals surface area contributed by atoms with Crippen molar-refractivity contribution in [3.63, 3.8) is 0 Å². The largest absolute Gasteiger partial charge is 0.466 e. The normalized spacial score (nSPS) is 27.0. The predicted molar refractivity (Wildman–Crippen MR) is 131 cm³/mol. The molecule has 4 atom stereocenters. The third-order valence-electron chi connectivity index (χ3n) is 6.77. The number of methoxy groups -OCH3 is 1. The number of allylic oxidation sites excluding steroid dienone is 2. The summed E-state index contributed by atoms with van der Waals surface area (Å²) in [5.74, 6) is 0.340. The fourth-order valence-corrected chi connectivity index (χ4v) is 4.30. The van der Waals surface area contributed by atoms with E-state index in [1.807, 2.05) is 19.4 Å². The first-order valence-corrected chi connectivity index (χ1v) is 11.9. The lowest BCUT2D eigenvalue weighted by Crippen LogP contribution is -2.37. The summed E-state index contributed by atoms with van der Waals surface area (Å²) in [6, 6.07) is 8.22. The molecule has 1 aromatic carbocycles. The Kier molecular flexibility index (Phi) is 8.78. The molecule has 4 nitrogen and oxygen atoms in total. The van der Waals surface area contributed by atoms with Crippen LogP contribution in [0.25, 0.3) is 6.08 Å². The minimum atomic E-state index is -0.116. The van der Waals surface area contributed by atoms with Gasteiger partial charge >= 0.3 is 5.97 Å². The number of rotatable bonds is 8. The molecule has 0 N–H and O–H groups in total. The van der Waals surface area contributed by atoms with E-state index >= 15 is 0 Å². The van der Waals surface area contributed by atoms with Gasteiger partial charge in [0, 0.05) is 12.9 Å². The molecular weight excluding hydrogens is 399 g/mol. The van der Waals surface area contributed by atoms with Crippen molar-refractivity contribution in [3.05, 3.63) is 47.6 Å². The zero-order chi connectivity index (χ0) is 23.1. The van der Waals surface area contributed by atoms with Crippen LogP contribution in [0, 0.1) is 11.3 Å². The molecule has 2 fully saturated rings. The SMILES string of the molecule is CO[C@@H]1CC(/C=C(\C)C(C)(C)C)CCC1OC/C=C/c1ccc([B]C2CCOC2=O)cc1. The first-order chi connectivity index (χ1) is 15.3. The van der Waals surface area contributed by atoms with Crippen LogP contribution in [0.4, 0.5) is 0 Å². The molecule has 3 unspecified atom stereocenters. The van der Waals surface area contributed by atoms with Crippen LogP contribution in [0.15, 0.2) is 42.0 Å². The predicted octanol–water partition coefficient (Wildman–Crippen LogP) is 4.96.